The number of hydrogen-bond acceptors (Lipinski definition) is 4. The standard InChI is InChI=1S/C17H22N4O2/c1-12-9-13(2)11-20(10-12)16(22)7-8-21-17(23)14-5-3-4-6-15(14)18-19-21/h3-6,12-13H,7-11H2,1-2H3. The molecule has 1 aromatic heterocycles. The van der Waals surface area contributed by atoms with E-state index < -0.39 is 0 Å². The lowest BCUT2D eigenvalue weighted by Gasteiger charge is -2.35. The Kier molecular flexibility index (Phi) is 4.41. The smallest absolute Gasteiger partial charge is 0.277 e. The Hall–Kier alpha value is -2.24. The summed E-state index contributed by atoms with van der Waals surface area (Å²) in [6, 6.07) is 7.12. The Morgan fingerprint density at radius 2 is 1.91 bits per heavy atom. The molecule has 0 bridgehead atoms. The summed E-state index contributed by atoms with van der Waals surface area (Å²) in [6.45, 7) is 6.24. The molecule has 0 aliphatic carbocycles. The van der Waals surface area contributed by atoms with E-state index in [1.807, 2.05) is 11.0 Å². The number of amides is 1. The first-order valence-corrected chi connectivity index (χ1v) is 8.15. The summed E-state index contributed by atoms with van der Waals surface area (Å²) in [4.78, 5) is 26.7. The molecular weight excluding hydrogens is 292 g/mol. The highest BCUT2D eigenvalue weighted by atomic mass is 16.2. The van der Waals surface area contributed by atoms with Gasteiger partial charge in [0.25, 0.3) is 5.56 Å². The predicted molar refractivity (Wildman–Crippen MR) is 87.9 cm³/mol. The van der Waals surface area contributed by atoms with Crippen LogP contribution in [-0.2, 0) is 11.3 Å². The molecule has 2 unspecified atom stereocenters. The zero-order valence-corrected chi connectivity index (χ0v) is 13.6. The number of hydrogen-bond donors (Lipinski definition) is 0. The predicted octanol–water partition coefficient (Wildman–Crippen LogP) is 1.69. The van der Waals surface area contributed by atoms with Gasteiger partial charge < -0.3 is 4.90 Å². The van der Waals surface area contributed by atoms with Gasteiger partial charge in [0.1, 0.15) is 5.52 Å². The summed E-state index contributed by atoms with van der Waals surface area (Å²) in [5.41, 5.74) is 0.391. The van der Waals surface area contributed by atoms with E-state index in [1.54, 1.807) is 18.2 Å². The van der Waals surface area contributed by atoms with Crippen molar-refractivity contribution in [2.75, 3.05) is 13.1 Å². The normalized spacial score (nSPS) is 21.6. The van der Waals surface area contributed by atoms with Crippen LogP contribution < -0.4 is 5.56 Å². The maximum absolute atomic E-state index is 12.4. The van der Waals surface area contributed by atoms with Gasteiger partial charge in [-0.25, -0.2) is 4.68 Å². The first-order valence-electron chi connectivity index (χ1n) is 8.15. The largest absolute Gasteiger partial charge is 0.342 e. The number of likely N-dealkylation sites (tertiary alicyclic amines) is 1. The number of rotatable bonds is 3. The van der Waals surface area contributed by atoms with E-state index in [-0.39, 0.29) is 24.4 Å². The van der Waals surface area contributed by atoms with Crippen molar-refractivity contribution < 1.29 is 4.79 Å². The third-order valence-corrected chi connectivity index (χ3v) is 4.39. The van der Waals surface area contributed by atoms with E-state index in [0.29, 0.717) is 22.7 Å². The van der Waals surface area contributed by atoms with Crippen molar-refractivity contribution in [3.05, 3.63) is 34.6 Å². The van der Waals surface area contributed by atoms with Crippen molar-refractivity contribution in [2.24, 2.45) is 11.8 Å². The molecular formula is C17H22N4O2. The minimum atomic E-state index is -0.191. The molecule has 1 aliphatic heterocycles. The fraction of sp³-hybridized carbons (Fsp3) is 0.529. The Bertz CT molecular complexity index is 761. The second-order valence-electron chi connectivity index (χ2n) is 6.63. The molecule has 1 fully saturated rings. The average Bonchev–Trinajstić information content (AvgIpc) is 2.53. The van der Waals surface area contributed by atoms with Crippen LogP contribution >= 0.6 is 0 Å². The first kappa shape index (κ1) is 15.6. The zero-order chi connectivity index (χ0) is 16.4. The van der Waals surface area contributed by atoms with Gasteiger partial charge in [0, 0.05) is 19.5 Å². The minimum absolute atomic E-state index is 0.0882. The van der Waals surface area contributed by atoms with E-state index in [1.165, 1.54) is 11.1 Å². The molecule has 6 nitrogen and oxygen atoms in total. The second-order valence-corrected chi connectivity index (χ2v) is 6.63. The van der Waals surface area contributed by atoms with Gasteiger partial charge >= 0.3 is 0 Å². The minimum Gasteiger partial charge on any atom is -0.342 e. The molecule has 3 rings (SSSR count). The zero-order valence-electron chi connectivity index (χ0n) is 13.6. The highest BCUT2D eigenvalue weighted by molar-refractivity contribution is 5.77. The number of aryl methyl sites for hydroxylation is 1. The van der Waals surface area contributed by atoms with Crippen LogP contribution in [0.4, 0.5) is 0 Å². The number of carbonyl (C=O) groups is 1. The molecule has 6 heteroatoms. The van der Waals surface area contributed by atoms with E-state index in [2.05, 4.69) is 24.2 Å². The van der Waals surface area contributed by atoms with Crippen LogP contribution in [0.2, 0.25) is 0 Å². The number of carbonyl (C=O) groups excluding carboxylic acids is 1. The van der Waals surface area contributed by atoms with Crippen LogP contribution in [0.1, 0.15) is 26.7 Å². The molecule has 0 spiro atoms. The maximum atomic E-state index is 12.4. The summed E-state index contributed by atoms with van der Waals surface area (Å²) in [5, 5.41) is 8.52. The molecule has 122 valence electrons. The molecule has 2 atom stereocenters. The highest BCUT2D eigenvalue weighted by Gasteiger charge is 2.25. The van der Waals surface area contributed by atoms with Crippen LogP contribution in [0.25, 0.3) is 10.9 Å². The van der Waals surface area contributed by atoms with Crippen LogP contribution in [0.3, 0.4) is 0 Å². The monoisotopic (exact) mass is 314 g/mol. The van der Waals surface area contributed by atoms with Crippen molar-refractivity contribution in [1.29, 1.82) is 0 Å². The molecule has 2 aromatic rings. The van der Waals surface area contributed by atoms with E-state index >= 15 is 0 Å². The summed E-state index contributed by atoms with van der Waals surface area (Å²) >= 11 is 0. The highest BCUT2D eigenvalue weighted by Crippen LogP contribution is 2.21. The molecule has 2 heterocycles. The van der Waals surface area contributed by atoms with Gasteiger partial charge in [-0.05, 0) is 30.4 Å². The third kappa shape index (κ3) is 3.41. The maximum Gasteiger partial charge on any atom is 0.277 e. The van der Waals surface area contributed by atoms with Crippen LogP contribution in [0.15, 0.2) is 29.1 Å². The summed E-state index contributed by atoms with van der Waals surface area (Å²) < 4.78 is 1.29. The van der Waals surface area contributed by atoms with Crippen LogP contribution in [0.5, 0.6) is 0 Å². The first-order chi connectivity index (χ1) is 11.0. The molecule has 1 saturated heterocycles. The van der Waals surface area contributed by atoms with Crippen molar-refractivity contribution in [3.8, 4) is 0 Å². The lowest BCUT2D eigenvalue weighted by Crippen LogP contribution is -2.43. The van der Waals surface area contributed by atoms with Crippen molar-refractivity contribution in [3.63, 3.8) is 0 Å². The fourth-order valence-electron chi connectivity index (χ4n) is 3.40. The van der Waals surface area contributed by atoms with Gasteiger partial charge in [-0.3, -0.25) is 9.59 Å². The van der Waals surface area contributed by atoms with Gasteiger partial charge in [-0.1, -0.05) is 31.2 Å². The van der Waals surface area contributed by atoms with Gasteiger partial charge in [-0.15, -0.1) is 5.10 Å². The Labute approximate surface area is 135 Å². The molecule has 0 N–H and O–H groups in total. The number of nitrogens with zero attached hydrogens (tertiary/aromatic N) is 4. The van der Waals surface area contributed by atoms with Crippen LogP contribution in [-0.4, -0.2) is 38.9 Å². The van der Waals surface area contributed by atoms with Crippen molar-refractivity contribution in [1.82, 2.24) is 19.9 Å². The topological polar surface area (TPSA) is 68.1 Å². The summed E-state index contributed by atoms with van der Waals surface area (Å²) in [5.74, 6) is 1.15. The van der Waals surface area contributed by atoms with Crippen molar-refractivity contribution in [2.45, 2.75) is 33.2 Å². The van der Waals surface area contributed by atoms with Gasteiger partial charge in [-0.2, -0.15) is 0 Å². The number of fused-ring (bicyclic) bond motifs is 1. The van der Waals surface area contributed by atoms with E-state index in [0.717, 1.165) is 13.1 Å². The second kappa shape index (κ2) is 6.48. The lowest BCUT2D eigenvalue weighted by atomic mass is 9.92. The number of piperidine rings is 1. The van der Waals surface area contributed by atoms with Gasteiger partial charge in [0.05, 0.1) is 11.9 Å². The number of aromatic nitrogens is 3. The average molecular weight is 314 g/mol. The molecule has 23 heavy (non-hydrogen) atoms. The summed E-state index contributed by atoms with van der Waals surface area (Å²) in [7, 11) is 0. The molecule has 0 saturated carbocycles. The Balaban J connectivity index is 1.70. The van der Waals surface area contributed by atoms with E-state index in [9.17, 15) is 9.59 Å². The fourth-order valence-corrected chi connectivity index (χ4v) is 3.40. The molecule has 0 radical (unpaired) electrons. The molecule has 1 aliphatic rings. The third-order valence-electron chi connectivity index (χ3n) is 4.39. The quantitative estimate of drug-likeness (QED) is 0.864. The summed E-state index contributed by atoms with van der Waals surface area (Å²) in [6.07, 6.45) is 1.45. The molecule has 1 amide bonds. The Morgan fingerprint density at radius 1 is 1.22 bits per heavy atom. The van der Waals surface area contributed by atoms with Gasteiger partial charge in [0.2, 0.25) is 5.91 Å². The SMILES string of the molecule is CC1CC(C)CN(C(=O)CCn2nnc3ccccc3c2=O)C1. The Morgan fingerprint density at radius 3 is 2.65 bits per heavy atom. The number of benzene rings is 1. The molecule has 1 aromatic carbocycles. The lowest BCUT2D eigenvalue weighted by molar-refractivity contribution is -0.134. The van der Waals surface area contributed by atoms with E-state index in [4.69, 9.17) is 0 Å². The van der Waals surface area contributed by atoms with Gasteiger partial charge in [0.15, 0.2) is 0 Å². The van der Waals surface area contributed by atoms with Crippen molar-refractivity contribution >= 4 is 16.8 Å². The van der Waals surface area contributed by atoms with Crippen LogP contribution in [0, 0.1) is 11.8 Å².